The molecule has 0 unspecified atom stereocenters. The van der Waals surface area contributed by atoms with Gasteiger partial charge in [0.25, 0.3) is 5.91 Å². The Hall–Kier alpha value is -2.18. The van der Waals surface area contributed by atoms with Crippen LogP contribution in [0.5, 0.6) is 11.5 Å². The molecule has 1 saturated heterocycles. The van der Waals surface area contributed by atoms with E-state index >= 15 is 0 Å². The molecule has 2 fully saturated rings. The third-order valence-corrected chi connectivity index (χ3v) is 6.44. The smallest absolute Gasteiger partial charge is 0.255 e. The van der Waals surface area contributed by atoms with Crippen LogP contribution in [0.15, 0.2) is 47.4 Å². The molecule has 6 heteroatoms. The zero-order chi connectivity index (χ0) is 20.9. The molecule has 1 aliphatic heterocycles. The van der Waals surface area contributed by atoms with Crippen molar-refractivity contribution in [1.82, 2.24) is 10.2 Å². The number of carbonyl (C=O) groups is 1. The van der Waals surface area contributed by atoms with Gasteiger partial charge in [0.05, 0.1) is 12.7 Å². The number of nitrogens with one attached hydrogen (secondary N) is 1. The molecule has 2 aromatic carbocycles. The summed E-state index contributed by atoms with van der Waals surface area (Å²) < 4.78 is 11.7. The summed E-state index contributed by atoms with van der Waals surface area (Å²) in [6.07, 6.45) is 6.25. The first-order chi connectivity index (χ1) is 14.6. The Balaban J connectivity index is 1.36. The van der Waals surface area contributed by atoms with Crippen LogP contribution in [0.1, 0.15) is 41.6 Å². The molecule has 4 rings (SSSR count). The van der Waals surface area contributed by atoms with Gasteiger partial charge in [-0.05, 0) is 61.8 Å². The average Bonchev–Trinajstić information content (AvgIpc) is 3.59. The molecule has 0 atom stereocenters. The van der Waals surface area contributed by atoms with Crippen LogP contribution in [0.2, 0.25) is 0 Å². The average molecular weight is 427 g/mol. The number of ether oxygens (including phenoxy) is 2. The molecule has 30 heavy (non-hydrogen) atoms. The standard InChI is InChI=1S/C24H30N2O3S/c1-28-20-8-9-22(24(27)25-18-6-7-18)23(15-20)29-19-10-12-26(13-11-19)16-17-4-3-5-21(14-17)30-2/h3-5,8-9,14-15,18-19H,6-7,10-13,16H2,1-2H3,(H,25,27). The Morgan fingerprint density at radius 3 is 2.63 bits per heavy atom. The number of hydrogen-bond acceptors (Lipinski definition) is 5. The lowest BCUT2D eigenvalue weighted by Gasteiger charge is -2.32. The van der Waals surface area contributed by atoms with Crippen molar-refractivity contribution in [3.8, 4) is 11.5 Å². The molecule has 0 spiro atoms. The second-order valence-corrected chi connectivity index (χ2v) is 8.93. The second-order valence-electron chi connectivity index (χ2n) is 8.05. The Morgan fingerprint density at radius 2 is 1.93 bits per heavy atom. The number of benzene rings is 2. The Labute approximate surface area is 183 Å². The molecule has 1 saturated carbocycles. The Morgan fingerprint density at radius 1 is 1.13 bits per heavy atom. The first-order valence-corrected chi connectivity index (χ1v) is 11.9. The van der Waals surface area contributed by atoms with Crippen LogP contribution in [-0.4, -0.2) is 49.4 Å². The monoisotopic (exact) mass is 426 g/mol. The molecular weight excluding hydrogens is 396 g/mol. The summed E-state index contributed by atoms with van der Waals surface area (Å²) in [5.41, 5.74) is 1.95. The number of rotatable bonds is 8. The van der Waals surface area contributed by atoms with Crippen LogP contribution < -0.4 is 14.8 Å². The number of amides is 1. The van der Waals surface area contributed by atoms with Crippen LogP contribution in [0.4, 0.5) is 0 Å². The van der Waals surface area contributed by atoms with Gasteiger partial charge in [0.15, 0.2) is 0 Å². The molecular formula is C24H30N2O3S. The summed E-state index contributed by atoms with van der Waals surface area (Å²) in [7, 11) is 1.63. The minimum absolute atomic E-state index is 0.0544. The van der Waals surface area contributed by atoms with Crippen LogP contribution >= 0.6 is 11.8 Å². The van der Waals surface area contributed by atoms with E-state index in [9.17, 15) is 4.79 Å². The summed E-state index contributed by atoms with van der Waals surface area (Å²) in [5, 5.41) is 3.06. The van der Waals surface area contributed by atoms with E-state index in [1.165, 1.54) is 10.5 Å². The van der Waals surface area contributed by atoms with Crippen molar-refractivity contribution < 1.29 is 14.3 Å². The van der Waals surface area contributed by atoms with Crippen LogP contribution in [0.25, 0.3) is 0 Å². The van der Waals surface area contributed by atoms with Gasteiger partial charge in [-0.15, -0.1) is 11.8 Å². The van der Waals surface area contributed by atoms with E-state index < -0.39 is 0 Å². The van der Waals surface area contributed by atoms with Crippen molar-refractivity contribution in [3.63, 3.8) is 0 Å². The fourth-order valence-electron chi connectivity index (χ4n) is 3.80. The van der Waals surface area contributed by atoms with Crippen molar-refractivity contribution >= 4 is 17.7 Å². The third-order valence-electron chi connectivity index (χ3n) is 5.71. The van der Waals surface area contributed by atoms with Crippen LogP contribution in [0.3, 0.4) is 0 Å². The predicted molar refractivity (Wildman–Crippen MR) is 121 cm³/mol. The van der Waals surface area contributed by atoms with Gasteiger partial charge in [0, 0.05) is 36.6 Å². The lowest BCUT2D eigenvalue weighted by Crippen LogP contribution is -2.38. The second kappa shape index (κ2) is 9.75. The molecule has 5 nitrogen and oxygen atoms in total. The minimum atomic E-state index is -0.0544. The van der Waals surface area contributed by atoms with Crippen molar-refractivity contribution in [3.05, 3.63) is 53.6 Å². The summed E-state index contributed by atoms with van der Waals surface area (Å²) >= 11 is 1.78. The molecule has 1 amide bonds. The molecule has 1 N–H and O–H groups in total. The Bertz CT molecular complexity index is 877. The quantitative estimate of drug-likeness (QED) is 0.636. The van der Waals surface area contributed by atoms with E-state index in [1.807, 2.05) is 12.1 Å². The molecule has 0 aromatic heterocycles. The normalized spacial score (nSPS) is 17.5. The predicted octanol–water partition coefficient (Wildman–Crippen LogP) is 4.35. The van der Waals surface area contributed by atoms with Gasteiger partial charge >= 0.3 is 0 Å². The van der Waals surface area contributed by atoms with E-state index in [0.29, 0.717) is 23.1 Å². The molecule has 1 aliphatic carbocycles. The number of nitrogens with zero attached hydrogens (tertiary/aromatic N) is 1. The number of methoxy groups -OCH3 is 1. The molecule has 0 bridgehead atoms. The van der Waals surface area contributed by atoms with E-state index in [2.05, 4.69) is 40.7 Å². The maximum absolute atomic E-state index is 12.6. The summed E-state index contributed by atoms with van der Waals surface area (Å²) in [5.74, 6) is 1.28. The maximum atomic E-state index is 12.6. The van der Waals surface area contributed by atoms with Gasteiger partial charge in [-0.25, -0.2) is 0 Å². The zero-order valence-corrected chi connectivity index (χ0v) is 18.5. The highest BCUT2D eigenvalue weighted by Gasteiger charge is 2.27. The maximum Gasteiger partial charge on any atom is 0.255 e. The SMILES string of the molecule is COc1ccc(C(=O)NC2CC2)c(OC2CCN(Cc3cccc(SC)c3)CC2)c1. The van der Waals surface area contributed by atoms with Crippen molar-refractivity contribution in [2.24, 2.45) is 0 Å². The first kappa shape index (κ1) is 21.1. The van der Waals surface area contributed by atoms with Crippen molar-refractivity contribution in [2.75, 3.05) is 26.5 Å². The van der Waals surface area contributed by atoms with Gasteiger partial charge in [-0.1, -0.05) is 12.1 Å². The van der Waals surface area contributed by atoms with E-state index in [4.69, 9.17) is 9.47 Å². The lowest BCUT2D eigenvalue weighted by atomic mass is 10.1. The summed E-state index contributed by atoms with van der Waals surface area (Å²) in [6.45, 7) is 2.94. The number of thioether (sulfide) groups is 1. The van der Waals surface area contributed by atoms with E-state index in [-0.39, 0.29) is 12.0 Å². The molecule has 1 heterocycles. The number of likely N-dealkylation sites (tertiary alicyclic amines) is 1. The van der Waals surface area contributed by atoms with Gasteiger partial charge < -0.3 is 14.8 Å². The van der Waals surface area contributed by atoms with Gasteiger partial charge in [0.1, 0.15) is 17.6 Å². The van der Waals surface area contributed by atoms with E-state index in [0.717, 1.165) is 45.3 Å². The molecule has 2 aromatic rings. The van der Waals surface area contributed by atoms with Crippen LogP contribution in [-0.2, 0) is 6.54 Å². The largest absolute Gasteiger partial charge is 0.497 e. The number of carbonyl (C=O) groups excluding carboxylic acids is 1. The fourth-order valence-corrected chi connectivity index (χ4v) is 4.28. The minimum Gasteiger partial charge on any atom is -0.497 e. The first-order valence-electron chi connectivity index (χ1n) is 10.7. The number of hydrogen-bond donors (Lipinski definition) is 1. The van der Waals surface area contributed by atoms with Crippen molar-refractivity contribution in [2.45, 2.75) is 49.3 Å². The van der Waals surface area contributed by atoms with Crippen LogP contribution in [0, 0.1) is 0 Å². The van der Waals surface area contributed by atoms with Gasteiger partial charge in [0.2, 0.25) is 0 Å². The highest BCUT2D eigenvalue weighted by molar-refractivity contribution is 7.98. The highest BCUT2D eigenvalue weighted by atomic mass is 32.2. The molecule has 2 aliphatic rings. The van der Waals surface area contributed by atoms with Gasteiger partial charge in [-0.3, -0.25) is 9.69 Å². The zero-order valence-electron chi connectivity index (χ0n) is 17.7. The molecule has 160 valence electrons. The molecule has 0 radical (unpaired) electrons. The summed E-state index contributed by atoms with van der Waals surface area (Å²) in [6, 6.07) is 14.5. The summed E-state index contributed by atoms with van der Waals surface area (Å²) in [4.78, 5) is 16.4. The highest BCUT2D eigenvalue weighted by Crippen LogP contribution is 2.29. The topological polar surface area (TPSA) is 50.8 Å². The van der Waals surface area contributed by atoms with E-state index in [1.54, 1.807) is 24.9 Å². The van der Waals surface area contributed by atoms with Crippen molar-refractivity contribution in [1.29, 1.82) is 0 Å². The Kier molecular flexibility index (Phi) is 6.85. The fraction of sp³-hybridized carbons (Fsp3) is 0.458. The third kappa shape index (κ3) is 5.49. The number of piperidine rings is 1. The lowest BCUT2D eigenvalue weighted by molar-refractivity contribution is 0.0889. The van der Waals surface area contributed by atoms with Gasteiger partial charge in [-0.2, -0.15) is 0 Å².